The van der Waals surface area contributed by atoms with Crippen LogP contribution >= 0.6 is 0 Å². The first-order chi connectivity index (χ1) is 9.49. The molecule has 0 saturated heterocycles. The molecule has 1 rings (SSSR count). The summed E-state index contributed by atoms with van der Waals surface area (Å²) in [6.07, 6.45) is 5.02. The van der Waals surface area contributed by atoms with Crippen molar-refractivity contribution in [2.24, 2.45) is 0 Å². The molecule has 1 aromatic rings. The predicted molar refractivity (Wildman–Crippen MR) is 75.7 cm³/mol. The zero-order valence-corrected chi connectivity index (χ0v) is 11.9. The predicted octanol–water partition coefficient (Wildman–Crippen LogP) is 4.24. The van der Waals surface area contributed by atoms with Crippen LogP contribution in [0, 0.1) is 0 Å². The Labute approximate surface area is 118 Å². The zero-order chi connectivity index (χ0) is 15.0. The summed E-state index contributed by atoms with van der Waals surface area (Å²) in [7, 11) is 0. The van der Waals surface area contributed by atoms with E-state index < -0.39 is 11.9 Å². The Kier molecular flexibility index (Phi) is 6.36. The average Bonchev–Trinajstić information content (AvgIpc) is 2.44. The van der Waals surface area contributed by atoms with Gasteiger partial charge >= 0.3 is 11.9 Å². The zero-order valence-electron chi connectivity index (χ0n) is 11.9. The second-order valence-electron chi connectivity index (χ2n) is 4.52. The van der Waals surface area contributed by atoms with Crippen LogP contribution in [0.5, 0.6) is 0 Å². The third kappa shape index (κ3) is 5.11. The van der Waals surface area contributed by atoms with Gasteiger partial charge in [-0.25, -0.2) is 4.79 Å². The minimum atomic E-state index is -3.59. The Morgan fingerprint density at radius 2 is 1.90 bits per heavy atom. The number of aryl methyl sites for hydroxylation is 1. The van der Waals surface area contributed by atoms with Crippen LogP contribution in [0.15, 0.2) is 30.3 Å². The number of carbonyl (C=O) groups excluding carboxylic acids is 1. The molecular weight excluding hydrogens is 262 g/mol. The highest BCUT2D eigenvalue weighted by Crippen LogP contribution is 2.19. The van der Waals surface area contributed by atoms with Gasteiger partial charge in [0.15, 0.2) is 0 Å². The van der Waals surface area contributed by atoms with Gasteiger partial charge in [0.05, 0.1) is 6.61 Å². The maximum absolute atomic E-state index is 13.4. The van der Waals surface area contributed by atoms with E-state index in [1.54, 1.807) is 12.1 Å². The van der Waals surface area contributed by atoms with Crippen molar-refractivity contribution in [1.29, 1.82) is 0 Å². The van der Waals surface area contributed by atoms with Gasteiger partial charge in [-0.2, -0.15) is 8.78 Å². The number of hydrogen-bond acceptors (Lipinski definition) is 2. The molecule has 0 spiro atoms. The summed E-state index contributed by atoms with van der Waals surface area (Å²) >= 11 is 0. The molecule has 20 heavy (non-hydrogen) atoms. The number of rotatable bonds is 7. The molecule has 0 fully saturated rings. The van der Waals surface area contributed by atoms with E-state index in [-0.39, 0.29) is 6.61 Å². The van der Waals surface area contributed by atoms with Gasteiger partial charge in [0.2, 0.25) is 0 Å². The number of unbranched alkanes of at least 4 members (excludes halogenated alkanes) is 1. The molecule has 0 unspecified atom stereocenters. The molecule has 0 aliphatic heterocycles. The average molecular weight is 282 g/mol. The summed E-state index contributed by atoms with van der Waals surface area (Å²) in [6.45, 7) is 3.55. The monoisotopic (exact) mass is 282 g/mol. The van der Waals surface area contributed by atoms with Crippen LogP contribution in [0.4, 0.5) is 8.78 Å². The van der Waals surface area contributed by atoms with Crippen molar-refractivity contribution in [3.63, 3.8) is 0 Å². The first-order valence-corrected chi connectivity index (χ1v) is 6.82. The third-order valence-corrected chi connectivity index (χ3v) is 2.83. The Hall–Kier alpha value is -1.71. The van der Waals surface area contributed by atoms with Gasteiger partial charge in [-0.15, -0.1) is 0 Å². The number of carbonyl (C=O) groups is 1. The lowest BCUT2D eigenvalue weighted by molar-refractivity contribution is -0.164. The van der Waals surface area contributed by atoms with E-state index >= 15 is 0 Å². The lowest BCUT2D eigenvalue weighted by Crippen LogP contribution is -2.28. The molecule has 4 heteroatoms. The first-order valence-electron chi connectivity index (χ1n) is 6.82. The molecule has 2 nitrogen and oxygen atoms in total. The maximum Gasteiger partial charge on any atom is 0.381 e. The fourth-order valence-electron chi connectivity index (χ4n) is 1.67. The van der Waals surface area contributed by atoms with Crippen molar-refractivity contribution in [2.45, 2.75) is 39.0 Å². The van der Waals surface area contributed by atoms with Crippen LogP contribution < -0.4 is 0 Å². The number of ether oxygens (including phenoxy) is 1. The standard InChI is InChI=1S/C16H20F2O2/c1-3-5-6-13-7-9-14(10-8-13)11-12-16(17,18)15(19)20-4-2/h7-12H,3-6H2,1-2H3/b12-11-. The summed E-state index contributed by atoms with van der Waals surface area (Å²) in [5.41, 5.74) is 1.82. The molecule has 0 saturated carbocycles. The molecule has 0 aliphatic rings. The van der Waals surface area contributed by atoms with Gasteiger partial charge in [-0.05, 0) is 37.0 Å². The lowest BCUT2D eigenvalue weighted by atomic mass is 10.1. The SMILES string of the molecule is CCCCc1ccc(/C=C\C(F)(F)C(=O)OCC)cc1. The summed E-state index contributed by atoms with van der Waals surface area (Å²) in [4.78, 5) is 11.0. The highest BCUT2D eigenvalue weighted by atomic mass is 19.3. The van der Waals surface area contributed by atoms with Crippen LogP contribution in [0.2, 0.25) is 0 Å². The smallest absolute Gasteiger partial charge is 0.381 e. The molecule has 110 valence electrons. The van der Waals surface area contributed by atoms with E-state index in [2.05, 4.69) is 11.7 Å². The summed E-state index contributed by atoms with van der Waals surface area (Å²) in [6, 6.07) is 7.36. The summed E-state index contributed by atoms with van der Waals surface area (Å²) in [5.74, 6) is -5.10. The Balaban J connectivity index is 2.67. The normalized spacial score (nSPS) is 11.8. The Bertz CT molecular complexity index is 450. The van der Waals surface area contributed by atoms with Gasteiger partial charge in [-0.3, -0.25) is 0 Å². The van der Waals surface area contributed by atoms with E-state index in [0.29, 0.717) is 11.6 Å². The van der Waals surface area contributed by atoms with Crippen molar-refractivity contribution in [1.82, 2.24) is 0 Å². The van der Waals surface area contributed by atoms with Gasteiger partial charge in [0.25, 0.3) is 0 Å². The molecule has 0 bridgehead atoms. The molecule has 0 aromatic heterocycles. The number of alkyl halides is 2. The molecular formula is C16H20F2O2. The van der Waals surface area contributed by atoms with Crippen molar-refractivity contribution >= 4 is 12.0 Å². The van der Waals surface area contributed by atoms with Gasteiger partial charge < -0.3 is 4.74 Å². The van der Waals surface area contributed by atoms with Crippen molar-refractivity contribution in [3.8, 4) is 0 Å². The van der Waals surface area contributed by atoms with Crippen molar-refractivity contribution in [3.05, 3.63) is 41.5 Å². The fourth-order valence-corrected chi connectivity index (χ4v) is 1.67. The molecule has 0 amide bonds. The van der Waals surface area contributed by atoms with Gasteiger partial charge in [0.1, 0.15) is 0 Å². The van der Waals surface area contributed by atoms with E-state index in [1.165, 1.54) is 18.6 Å². The second-order valence-corrected chi connectivity index (χ2v) is 4.52. The molecule has 0 aliphatic carbocycles. The number of halogens is 2. The molecule has 0 atom stereocenters. The number of esters is 1. The van der Waals surface area contributed by atoms with E-state index in [0.717, 1.165) is 19.3 Å². The molecule has 0 N–H and O–H groups in total. The van der Waals surface area contributed by atoms with Crippen LogP contribution in [-0.2, 0) is 16.0 Å². The third-order valence-electron chi connectivity index (χ3n) is 2.83. The van der Waals surface area contributed by atoms with E-state index in [1.807, 2.05) is 12.1 Å². The lowest BCUT2D eigenvalue weighted by Gasteiger charge is -2.09. The second kappa shape index (κ2) is 7.78. The van der Waals surface area contributed by atoms with E-state index in [4.69, 9.17) is 0 Å². The van der Waals surface area contributed by atoms with Gasteiger partial charge in [-0.1, -0.05) is 43.7 Å². The van der Waals surface area contributed by atoms with Gasteiger partial charge in [0, 0.05) is 0 Å². The Morgan fingerprint density at radius 1 is 1.25 bits per heavy atom. The minimum absolute atomic E-state index is 0.0611. The van der Waals surface area contributed by atoms with E-state index in [9.17, 15) is 13.6 Å². The van der Waals surface area contributed by atoms with Crippen LogP contribution in [0.3, 0.4) is 0 Å². The maximum atomic E-state index is 13.4. The van der Waals surface area contributed by atoms with Crippen molar-refractivity contribution in [2.75, 3.05) is 6.61 Å². The molecule has 0 radical (unpaired) electrons. The van der Waals surface area contributed by atoms with Crippen LogP contribution in [-0.4, -0.2) is 18.5 Å². The number of hydrogen-bond donors (Lipinski definition) is 0. The quantitative estimate of drug-likeness (QED) is 0.699. The minimum Gasteiger partial charge on any atom is -0.461 e. The topological polar surface area (TPSA) is 26.3 Å². The van der Waals surface area contributed by atoms with Crippen LogP contribution in [0.1, 0.15) is 37.8 Å². The molecule has 0 heterocycles. The van der Waals surface area contributed by atoms with Crippen LogP contribution in [0.25, 0.3) is 6.08 Å². The summed E-state index contributed by atoms with van der Waals surface area (Å²) < 4.78 is 31.1. The highest BCUT2D eigenvalue weighted by Gasteiger charge is 2.37. The number of benzene rings is 1. The van der Waals surface area contributed by atoms with Crippen molar-refractivity contribution < 1.29 is 18.3 Å². The largest absolute Gasteiger partial charge is 0.461 e. The Morgan fingerprint density at radius 3 is 2.45 bits per heavy atom. The summed E-state index contributed by atoms with van der Waals surface area (Å²) in [5, 5.41) is 0. The fraction of sp³-hybridized carbons (Fsp3) is 0.438. The first kappa shape index (κ1) is 16.3. The molecule has 1 aromatic carbocycles. The highest BCUT2D eigenvalue weighted by molar-refractivity contribution is 5.81.